The molecule has 0 spiro atoms. The van der Waals surface area contributed by atoms with E-state index in [4.69, 9.17) is 11.6 Å². The molecule has 0 aromatic heterocycles. The van der Waals surface area contributed by atoms with Gasteiger partial charge in [-0.25, -0.2) is 17.2 Å². The lowest BCUT2D eigenvalue weighted by Gasteiger charge is -2.18. The normalized spacial score (nSPS) is 13.6. The van der Waals surface area contributed by atoms with Gasteiger partial charge in [0.25, 0.3) is 10.0 Å². The van der Waals surface area contributed by atoms with Gasteiger partial charge in [0.1, 0.15) is 16.5 Å². The number of fused-ring (bicyclic) bond motifs is 1. The topological polar surface area (TPSA) is 58.5 Å². The molecule has 0 saturated carbocycles. The van der Waals surface area contributed by atoms with Crippen molar-refractivity contribution in [2.75, 3.05) is 11.3 Å². The highest BCUT2D eigenvalue weighted by molar-refractivity contribution is 7.92. The summed E-state index contributed by atoms with van der Waals surface area (Å²) in [5.74, 6) is -1.87. The number of benzene rings is 3. The average Bonchev–Trinajstić information content (AvgIpc) is 2.69. The fraction of sp³-hybridized carbons (Fsp3) is 0.0952. The van der Waals surface area contributed by atoms with E-state index in [9.17, 15) is 17.2 Å². The molecule has 4 rings (SSSR count). The number of hydrogen-bond donors (Lipinski definition) is 1. The third kappa shape index (κ3) is 4.02. The highest BCUT2D eigenvalue weighted by Gasteiger charge is 2.21. The van der Waals surface area contributed by atoms with E-state index >= 15 is 0 Å². The molecule has 4 nitrogen and oxygen atoms in total. The molecular formula is C21H15ClF2N2O2S. The zero-order valence-electron chi connectivity index (χ0n) is 15.0. The van der Waals surface area contributed by atoms with Crippen molar-refractivity contribution >= 4 is 33.0 Å². The van der Waals surface area contributed by atoms with Crippen LogP contribution in [0.1, 0.15) is 16.7 Å². The quantitative estimate of drug-likeness (QED) is 0.643. The molecule has 0 atom stereocenters. The van der Waals surface area contributed by atoms with E-state index in [1.807, 2.05) is 18.2 Å². The van der Waals surface area contributed by atoms with E-state index in [-0.39, 0.29) is 5.69 Å². The predicted molar refractivity (Wildman–Crippen MR) is 109 cm³/mol. The molecule has 148 valence electrons. The number of anilines is 1. The molecule has 0 radical (unpaired) electrons. The van der Waals surface area contributed by atoms with Crippen LogP contribution in [-0.2, 0) is 16.4 Å². The summed E-state index contributed by atoms with van der Waals surface area (Å²) in [6.07, 6.45) is 0.768. The second kappa shape index (κ2) is 7.57. The van der Waals surface area contributed by atoms with Crippen molar-refractivity contribution in [2.24, 2.45) is 4.99 Å². The first-order valence-electron chi connectivity index (χ1n) is 8.75. The van der Waals surface area contributed by atoms with Gasteiger partial charge in [0, 0.05) is 28.4 Å². The van der Waals surface area contributed by atoms with Crippen molar-refractivity contribution in [1.82, 2.24) is 0 Å². The van der Waals surface area contributed by atoms with E-state index in [0.29, 0.717) is 23.2 Å². The van der Waals surface area contributed by atoms with Crippen LogP contribution in [0.15, 0.2) is 70.6 Å². The number of nitrogens with zero attached hydrogens (tertiary/aromatic N) is 1. The van der Waals surface area contributed by atoms with Crippen molar-refractivity contribution in [1.29, 1.82) is 0 Å². The third-order valence-electron chi connectivity index (χ3n) is 4.54. The summed E-state index contributed by atoms with van der Waals surface area (Å²) >= 11 is 6.08. The Kier molecular flexibility index (Phi) is 5.10. The van der Waals surface area contributed by atoms with Crippen LogP contribution in [0.4, 0.5) is 14.5 Å². The van der Waals surface area contributed by atoms with Crippen LogP contribution in [0.5, 0.6) is 0 Å². The summed E-state index contributed by atoms with van der Waals surface area (Å²) in [7, 11) is -4.30. The standard InChI is InChI=1S/C21H15ClF2N2O2S/c22-15-4-6-18-13(10-15)8-9-25-21(18)14-2-1-3-17(11-14)26-29(27,28)20-12-16(23)5-7-19(20)24/h1-7,10-12,26H,8-9H2. The summed E-state index contributed by atoms with van der Waals surface area (Å²) in [5, 5.41) is 0.642. The summed E-state index contributed by atoms with van der Waals surface area (Å²) in [5.41, 5.74) is 3.64. The van der Waals surface area contributed by atoms with Gasteiger partial charge in [-0.15, -0.1) is 0 Å². The monoisotopic (exact) mass is 432 g/mol. The SMILES string of the molecule is O=S(=O)(Nc1cccc(C2=NCCc3cc(Cl)ccc32)c1)c1cc(F)ccc1F. The number of sulfonamides is 1. The van der Waals surface area contributed by atoms with E-state index in [1.165, 1.54) is 6.07 Å². The Bertz CT molecular complexity index is 1240. The van der Waals surface area contributed by atoms with Gasteiger partial charge in [-0.2, -0.15) is 0 Å². The number of hydrogen-bond acceptors (Lipinski definition) is 3. The maximum absolute atomic E-state index is 13.9. The maximum atomic E-state index is 13.9. The van der Waals surface area contributed by atoms with Crippen LogP contribution >= 0.6 is 11.6 Å². The molecule has 1 aliphatic heterocycles. The van der Waals surface area contributed by atoms with Crippen LogP contribution in [0.25, 0.3) is 0 Å². The van der Waals surface area contributed by atoms with Gasteiger partial charge in [-0.05, 0) is 54.4 Å². The molecule has 1 N–H and O–H groups in total. The van der Waals surface area contributed by atoms with Gasteiger partial charge in [0.05, 0.1) is 5.71 Å². The van der Waals surface area contributed by atoms with Crippen LogP contribution in [0.2, 0.25) is 5.02 Å². The van der Waals surface area contributed by atoms with Crippen molar-refractivity contribution < 1.29 is 17.2 Å². The Hall–Kier alpha value is -2.77. The molecular weight excluding hydrogens is 418 g/mol. The predicted octanol–water partition coefficient (Wildman–Crippen LogP) is 4.81. The van der Waals surface area contributed by atoms with E-state index in [0.717, 1.165) is 35.4 Å². The summed E-state index contributed by atoms with van der Waals surface area (Å²) in [4.78, 5) is 3.83. The smallest absolute Gasteiger partial charge is 0.264 e. The minimum absolute atomic E-state index is 0.218. The largest absolute Gasteiger partial charge is 0.284 e. The first-order valence-corrected chi connectivity index (χ1v) is 10.6. The fourth-order valence-electron chi connectivity index (χ4n) is 3.24. The minimum Gasteiger partial charge on any atom is -0.284 e. The third-order valence-corrected chi connectivity index (χ3v) is 6.18. The molecule has 0 fully saturated rings. The number of halogens is 3. The zero-order chi connectivity index (χ0) is 20.6. The van der Waals surface area contributed by atoms with Gasteiger partial charge in [0.15, 0.2) is 0 Å². The molecule has 0 aliphatic carbocycles. The molecule has 8 heteroatoms. The molecule has 3 aromatic carbocycles. The minimum atomic E-state index is -4.30. The molecule has 0 bridgehead atoms. The molecule has 3 aromatic rings. The molecule has 0 unspecified atom stereocenters. The first kappa shape index (κ1) is 19.5. The Morgan fingerprint density at radius 1 is 1.00 bits per heavy atom. The van der Waals surface area contributed by atoms with Gasteiger partial charge in [-0.3, -0.25) is 9.71 Å². The molecule has 0 saturated heterocycles. The fourth-order valence-corrected chi connectivity index (χ4v) is 4.58. The van der Waals surface area contributed by atoms with Crippen LogP contribution in [0.3, 0.4) is 0 Å². The number of nitrogens with one attached hydrogen (secondary N) is 1. The Labute approximate surface area is 171 Å². The molecule has 1 heterocycles. The second-order valence-electron chi connectivity index (χ2n) is 6.54. The van der Waals surface area contributed by atoms with Gasteiger partial charge < -0.3 is 0 Å². The van der Waals surface area contributed by atoms with Crippen LogP contribution < -0.4 is 4.72 Å². The number of rotatable bonds is 4. The number of aliphatic imine (C=N–C) groups is 1. The molecule has 29 heavy (non-hydrogen) atoms. The maximum Gasteiger partial charge on any atom is 0.264 e. The Balaban J connectivity index is 1.69. The lowest BCUT2D eigenvalue weighted by atomic mass is 9.93. The summed E-state index contributed by atoms with van der Waals surface area (Å²) in [6, 6.07) is 14.5. The summed E-state index contributed by atoms with van der Waals surface area (Å²) in [6.45, 7) is 0.590. The van der Waals surface area contributed by atoms with E-state index in [1.54, 1.807) is 18.2 Å². The summed E-state index contributed by atoms with van der Waals surface area (Å²) < 4.78 is 54.7. The lowest BCUT2D eigenvalue weighted by Crippen LogP contribution is -2.17. The van der Waals surface area contributed by atoms with Crippen molar-refractivity contribution in [3.8, 4) is 0 Å². The van der Waals surface area contributed by atoms with E-state index < -0.39 is 26.6 Å². The lowest BCUT2D eigenvalue weighted by molar-refractivity contribution is 0.555. The first-order chi connectivity index (χ1) is 13.8. The van der Waals surface area contributed by atoms with Gasteiger partial charge >= 0.3 is 0 Å². The van der Waals surface area contributed by atoms with Gasteiger partial charge in [-0.1, -0.05) is 29.8 Å². The Morgan fingerprint density at radius 3 is 2.66 bits per heavy atom. The van der Waals surface area contributed by atoms with Crippen molar-refractivity contribution in [3.63, 3.8) is 0 Å². The highest BCUT2D eigenvalue weighted by Crippen LogP contribution is 2.26. The van der Waals surface area contributed by atoms with E-state index in [2.05, 4.69) is 9.71 Å². The molecule has 1 aliphatic rings. The van der Waals surface area contributed by atoms with Gasteiger partial charge in [0.2, 0.25) is 0 Å². The highest BCUT2D eigenvalue weighted by atomic mass is 35.5. The second-order valence-corrected chi connectivity index (χ2v) is 8.63. The Morgan fingerprint density at radius 2 is 1.83 bits per heavy atom. The van der Waals surface area contributed by atoms with Crippen molar-refractivity contribution in [3.05, 3.63) is 94.0 Å². The molecule has 0 amide bonds. The zero-order valence-corrected chi connectivity index (χ0v) is 16.6. The van der Waals surface area contributed by atoms with Crippen LogP contribution in [0, 0.1) is 11.6 Å². The van der Waals surface area contributed by atoms with Crippen molar-refractivity contribution in [2.45, 2.75) is 11.3 Å². The van der Waals surface area contributed by atoms with Crippen LogP contribution in [-0.4, -0.2) is 20.7 Å². The average molecular weight is 433 g/mol.